The normalized spacial score (nSPS) is 11.0. The number of fused-ring (bicyclic) bond motifs is 1. The van der Waals surface area contributed by atoms with E-state index in [1.165, 1.54) is 11.3 Å². The van der Waals surface area contributed by atoms with Crippen LogP contribution in [0.25, 0.3) is 26.3 Å². The zero-order valence-electron chi connectivity index (χ0n) is 20.8. The maximum Gasteiger partial charge on any atom is 0.275 e. The average molecular weight is 544 g/mol. The van der Waals surface area contributed by atoms with Crippen molar-refractivity contribution in [1.29, 1.82) is 0 Å². The van der Waals surface area contributed by atoms with E-state index in [-0.39, 0.29) is 11.5 Å². The molecular weight excluding hydrogens is 518 g/mol. The lowest BCUT2D eigenvalue weighted by atomic mass is 10.1. The van der Waals surface area contributed by atoms with Crippen molar-refractivity contribution in [2.24, 2.45) is 0 Å². The van der Waals surface area contributed by atoms with Crippen LogP contribution in [0.1, 0.15) is 18.1 Å². The van der Waals surface area contributed by atoms with Gasteiger partial charge in [-0.2, -0.15) is 0 Å². The minimum atomic E-state index is -0.114. The van der Waals surface area contributed by atoms with E-state index in [1.807, 2.05) is 85.8 Å². The molecule has 0 atom stereocenters. The molecule has 6 nitrogen and oxygen atoms in total. The molecule has 192 valence electrons. The topological polar surface area (TPSA) is 73.2 Å². The number of nitrogens with zero attached hydrogens (tertiary/aromatic N) is 2. The number of hydrogen-bond acceptors (Lipinski definition) is 5. The molecule has 0 saturated carbocycles. The van der Waals surface area contributed by atoms with E-state index in [9.17, 15) is 9.59 Å². The molecule has 0 unspecified atom stereocenters. The third-order valence-corrected chi connectivity index (χ3v) is 7.57. The van der Waals surface area contributed by atoms with Gasteiger partial charge in [-0.25, -0.2) is 4.98 Å². The number of carbonyl (C=O) groups excluding carboxylic acids is 1. The van der Waals surface area contributed by atoms with Gasteiger partial charge in [-0.3, -0.25) is 14.2 Å². The van der Waals surface area contributed by atoms with Crippen LogP contribution >= 0.6 is 22.9 Å². The van der Waals surface area contributed by atoms with Crippen molar-refractivity contribution in [1.82, 2.24) is 14.9 Å². The molecule has 0 bridgehead atoms. The van der Waals surface area contributed by atoms with E-state index in [2.05, 4.69) is 10.3 Å². The highest BCUT2D eigenvalue weighted by Crippen LogP contribution is 2.32. The summed E-state index contributed by atoms with van der Waals surface area (Å²) >= 11 is 7.44. The second-order valence-corrected chi connectivity index (χ2v) is 10.2. The lowest BCUT2D eigenvalue weighted by molar-refractivity contribution is -0.120. The first-order valence-corrected chi connectivity index (χ1v) is 13.5. The molecular formula is C30H26ClN3O3S. The van der Waals surface area contributed by atoms with Gasteiger partial charge in [0.25, 0.3) is 5.56 Å². The highest BCUT2D eigenvalue weighted by molar-refractivity contribution is 7.22. The first-order valence-electron chi connectivity index (χ1n) is 12.4. The van der Waals surface area contributed by atoms with Crippen LogP contribution in [0.4, 0.5) is 0 Å². The van der Waals surface area contributed by atoms with Crippen LogP contribution in [0.2, 0.25) is 5.02 Å². The Hall–Kier alpha value is -3.94. The fourth-order valence-corrected chi connectivity index (χ4v) is 5.35. The summed E-state index contributed by atoms with van der Waals surface area (Å²) in [7, 11) is 0. The first-order chi connectivity index (χ1) is 18.5. The summed E-state index contributed by atoms with van der Waals surface area (Å²) in [5.74, 6) is 0.692. The van der Waals surface area contributed by atoms with Crippen molar-refractivity contribution < 1.29 is 9.53 Å². The predicted octanol–water partition coefficient (Wildman–Crippen LogP) is 6.07. The average Bonchev–Trinajstić information content (AvgIpc) is 3.38. The fraction of sp³-hybridized carbons (Fsp3) is 0.167. The highest BCUT2D eigenvalue weighted by atomic mass is 35.5. The molecule has 5 aromatic rings. The second-order valence-electron chi connectivity index (χ2n) is 8.76. The predicted molar refractivity (Wildman–Crippen MR) is 154 cm³/mol. The molecule has 0 fully saturated rings. The maximum absolute atomic E-state index is 13.4. The van der Waals surface area contributed by atoms with Gasteiger partial charge in [0.15, 0.2) is 0 Å². The Morgan fingerprint density at radius 3 is 2.61 bits per heavy atom. The summed E-state index contributed by atoms with van der Waals surface area (Å²) in [6, 6.07) is 24.8. The highest BCUT2D eigenvalue weighted by Gasteiger charge is 2.13. The second kappa shape index (κ2) is 11.6. The number of ether oxygens (including phenoxy) is 1. The molecule has 38 heavy (non-hydrogen) atoms. The molecule has 0 aliphatic heterocycles. The summed E-state index contributed by atoms with van der Waals surface area (Å²) in [6.07, 6.45) is 2.64. The molecule has 3 aromatic carbocycles. The van der Waals surface area contributed by atoms with E-state index < -0.39 is 0 Å². The van der Waals surface area contributed by atoms with Gasteiger partial charge < -0.3 is 10.1 Å². The van der Waals surface area contributed by atoms with E-state index in [0.717, 1.165) is 39.4 Å². The summed E-state index contributed by atoms with van der Waals surface area (Å²) in [4.78, 5) is 31.0. The van der Waals surface area contributed by atoms with Gasteiger partial charge in [-0.1, -0.05) is 61.0 Å². The van der Waals surface area contributed by atoms with Crippen molar-refractivity contribution in [2.75, 3.05) is 13.2 Å². The number of amides is 1. The molecule has 2 heterocycles. The van der Waals surface area contributed by atoms with Crippen molar-refractivity contribution in [2.45, 2.75) is 19.8 Å². The van der Waals surface area contributed by atoms with Crippen LogP contribution in [0, 0.1) is 0 Å². The Morgan fingerprint density at radius 2 is 1.84 bits per heavy atom. The molecule has 8 heteroatoms. The van der Waals surface area contributed by atoms with Gasteiger partial charge in [0.05, 0.1) is 24.2 Å². The Balaban J connectivity index is 1.28. The van der Waals surface area contributed by atoms with Crippen LogP contribution in [-0.4, -0.2) is 28.6 Å². The SMILES string of the molecule is CCc1cc(-n2cnc3cc(-c4ccc(Cl)cc4)sc3c2=O)ccc1OCCNC(=O)Cc1ccccc1. The minimum Gasteiger partial charge on any atom is -0.491 e. The number of thiophene rings is 1. The summed E-state index contributed by atoms with van der Waals surface area (Å²) < 4.78 is 8.12. The Labute approximate surface area is 229 Å². The van der Waals surface area contributed by atoms with Gasteiger partial charge in [-0.05, 0) is 59.5 Å². The Kier molecular flexibility index (Phi) is 7.86. The molecule has 0 spiro atoms. The van der Waals surface area contributed by atoms with Crippen molar-refractivity contribution in [3.8, 4) is 21.9 Å². The van der Waals surface area contributed by atoms with Gasteiger partial charge >= 0.3 is 0 Å². The molecule has 0 aliphatic carbocycles. The molecule has 1 N–H and O–H groups in total. The van der Waals surface area contributed by atoms with E-state index >= 15 is 0 Å². The quantitative estimate of drug-likeness (QED) is 0.229. The number of benzene rings is 3. The molecule has 0 saturated heterocycles. The summed E-state index contributed by atoms with van der Waals surface area (Å²) in [5.41, 5.74) is 4.23. The molecule has 0 radical (unpaired) electrons. The van der Waals surface area contributed by atoms with Crippen LogP contribution in [0.3, 0.4) is 0 Å². The van der Waals surface area contributed by atoms with Crippen molar-refractivity contribution in [3.05, 3.63) is 112 Å². The fourth-order valence-electron chi connectivity index (χ4n) is 4.18. The maximum atomic E-state index is 13.4. The zero-order chi connectivity index (χ0) is 26.5. The zero-order valence-corrected chi connectivity index (χ0v) is 22.4. The van der Waals surface area contributed by atoms with Gasteiger partial charge in [-0.15, -0.1) is 11.3 Å². The number of hydrogen-bond donors (Lipinski definition) is 1. The third-order valence-electron chi connectivity index (χ3n) is 6.16. The van der Waals surface area contributed by atoms with E-state index in [4.69, 9.17) is 16.3 Å². The molecule has 5 rings (SSSR count). The van der Waals surface area contributed by atoms with Crippen LogP contribution < -0.4 is 15.6 Å². The van der Waals surface area contributed by atoms with Gasteiger partial charge in [0.1, 0.15) is 23.4 Å². The Bertz CT molecular complexity index is 1630. The Morgan fingerprint density at radius 1 is 1.05 bits per heavy atom. The van der Waals surface area contributed by atoms with E-state index in [0.29, 0.717) is 34.8 Å². The van der Waals surface area contributed by atoms with Crippen LogP contribution in [0.15, 0.2) is 90.0 Å². The lowest BCUT2D eigenvalue weighted by Gasteiger charge is -2.13. The summed E-state index contributed by atoms with van der Waals surface area (Å²) in [6.45, 7) is 2.80. The standard InChI is InChI=1S/C30H26ClN3O3S/c1-2-21-17-24(12-13-26(21)37-15-14-32-28(35)16-20-6-4-3-5-7-20)34-19-33-25-18-27(38-29(25)30(34)36)22-8-10-23(31)11-9-22/h3-13,17-19H,2,14-16H2,1H3,(H,32,35). The number of nitrogens with one attached hydrogen (secondary N) is 1. The number of halogens is 1. The molecule has 1 amide bonds. The number of rotatable bonds is 9. The van der Waals surface area contributed by atoms with Crippen LogP contribution in [-0.2, 0) is 17.6 Å². The van der Waals surface area contributed by atoms with Crippen LogP contribution in [0.5, 0.6) is 5.75 Å². The van der Waals surface area contributed by atoms with Gasteiger partial charge in [0.2, 0.25) is 5.91 Å². The number of carbonyl (C=O) groups is 1. The number of aromatic nitrogens is 2. The molecule has 2 aromatic heterocycles. The largest absolute Gasteiger partial charge is 0.491 e. The third kappa shape index (κ3) is 5.79. The first kappa shape index (κ1) is 25.7. The number of aryl methyl sites for hydroxylation is 1. The van der Waals surface area contributed by atoms with Crippen molar-refractivity contribution in [3.63, 3.8) is 0 Å². The van der Waals surface area contributed by atoms with E-state index in [1.54, 1.807) is 10.9 Å². The minimum absolute atomic E-state index is 0.0408. The smallest absolute Gasteiger partial charge is 0.275 e. The molecule has 0 aliphatic rings. The lowest BCUT2D eigenvalue weighted by Crippen LogP contribution is -2.29. The van der Waals surface area contributed by atoms with Crippen molar-refractivity contribution >= 4 is 39.1 Å². The monoisotopic (exact) mass is 543 g/mol. The van der Waals surface area contributed by atoms with Gasteiger partial charge in [0, 0.05) is 9.90 Å². The summed E-state index contributed by atoms with van der Waals surface area (Å²) in [5, 5.41) is 3.56.